The molecule has 0 bridgehead atoms. The number of fused-ring (bicyclic) bond motifs is 3. The summed E-state index contributed by atoms with van der Waals surface area (Å²) in [5.74, 6) is 0. The van der Waals surface area contributed by atoms with Crippen LogP contribution in [0, 0.1) is 13.5 Å². The molecule has 0 amide bonds. The van der Waals surface area contributed by atoms with E-state index in [1.54, 1.807) is 0 Å². The summed E-state index contributed by atoms with van der Waals surface area (Å²) < 4.78 is 2.17. The van der Waals surface area contributed by atoms with Gasteiger partial charge in [-0.15, -0.1) is 41.0 Å². The summed E-state index contributed by atoms with van der Waals surface area (Å²) >= 11 is 1.46. The molecule has 0 aromatic heterocycles. The van der Waals surface area contributed by atoms with Gasteiger partial charge in [-0.25, -0.2) is 0 Å². The molecule has 0 atom stereocenters. The molecule has 5 rings (SSSR count). The van der Waals surface area contributed by atoms with Crippen LogP contribution >= 0.6 is 0 Å². The van der Waals surface area contributed by atoms with Gasteiger partial charge in [-0.1, -0.05) is 47.5 Å². The van der Waals surface area contributed by atoms with Crippen molar-refractivity contribution in [1.29, 1.82) is 0 Å². The number of rotatable bonds is 2. The minimum absolute atomic E-state index is 0. The molecular weight excluding hydrogens is 474 g/mol. The molecule has 0 radical (unpaired) electrons. The fourth-order valence-corrected chi connectivity index (χ4v) is 3.91. The van der Waals surface area contributed by atoms with Gasteiger partial charge in [-0.2, -0.15) is 0 Å². The van der Waals surface area contributed by atoms with E-state index in [1.165, 1.54) is 63.2 Å². The summed E-state index contributed by atoms with van der Waals surface area (Å²) in [6.07, 6.45) is 8.60. The van der Waals surface area contributed by atoms with Crippen LogP contribution in [0.25, 0.3) is 16.7 Å². The van der Waals surface area contributed by atoms with Crippen molar-refractivity contribution in [2.24, 2.45) is 0 Å². The zero-order valence-corrected chi connectivity index (χ0v) is 20.3. The Hall–Kier alpha value is -1.53. The molecule has 146 valence electrons. The molecule has 0 aliphatic heterocycles. The van der Waals surface area contributed by atoms with Crippen LogP contribution in [0.3, 0.4) is 0 Å². The Balaban J connectivity index is 0.000000332. The standard InChI is InChI=1S/C18H13.C7H6.CH3.2ClH.Zr/c1-2-6-13(5-1)14-9-10-18-16(11-14)12-15-7-3-4-8-17(15)18;1-7-5-3-2-4-6-7;;;;/h1-5,7-10H,6,12H2;1-6H;1H3;2*1H;/q-1;;-1;;;+2/p-2. The molecule has 2 aliphatic carbocycles. The van der Waals surface area contributed by atoms with Crippen LogP contribution in [0.5, 0.6) is 0 Å². The summed E-state index contributed by atoms with van der Waals surface area (Å²) in [5, 5.41) is 0. The van der Waals surface area contributed by atoms with Crippen LogP contribution in [0.1, 0.15) is 28.7 Å². The van der Waals surface area contributed by atoms with Crippen molar-refractivity contribution in [3.8, 4) is 11.1 Å². The number of hydrogen-bond acceptors (Lipinski definition) is 0. The first kappa shape index (κ1) is 25.5. The second-order valence-electron chi connectivity index (χ2n) is 6.48. The van der Waals surface area contributed by atoms with Gasteiger partial charge in [-0.3, -0.25) is 0 Å². The van der Waals surface area contributed by atoms with Crippen LogP contribution in [0.4, 0.5) is 0 Å². The first-order valence-corrected chi connectivity index (χ1v) is 10.3. The van der Waals surface area contributed by atoms with Crippen molar-refractivity contribution in [3.05, 3.63) is 121 Å². The van der Waals surface area contributed by atoms with Crippen molar-refractivity contribution in [3.63, 3.8) is 0 Å². The fourth-order valence-electron chi connectivity index (χ4n) is 3.44. The second kappa shape index (κ2) is 12.2. The average Bonchev–Trinajstić information content (AvgIpc) is 3.36. The van der Waals surface area contributed by atoms with Gasteiger partial charge in [0.1, 0.15) is 0 Å². The largest absolute Gasteiger partial charge is 0.147 e. The van der Waals surface area contributed by atoms with Crippen molar-refractivity contribution in [2.45, 2.75) is 12.8 Å². The Morgan fingerprint density at radius 3 is 2.21 bits per heavy atom. The van der Waals surface area contributed by atoms with Crippen LogP contribution in [0.2, 0.25) is 0 Å². The smallest absolute Gasteiger partial charge is 0.0195 e. The number of benzene rings is 3. The minimum atomic E-state index is 0. The molecule has 3 aromatic carbocycles. The zero-order chi connectivity index (χ0) is 17.8. The van der Waals surface area contributed by atoms with Crippen LogP contribution in [-0.4, -0.2) is 3.71 Å². The van der Waals surface area contributed by atoms with E-state index in [1.807, 2.05) is 6.07 Å². The Morgan fingerprint density at radius 1 is 0.828 bits per heavy atom. The molecule has 0 heterocycles. The summed E-state index contributed by atoms with van der Waals surface area (Å²) in [5.41, 5.74) is 9.49. The second-order valence-corrected chi connectivity index (χ2v) is 7.19. The van der Waals surface area contributed by atoms with Gasteiger partial charge < -0.3 is 32.2 Å². The molecule has 3 heteroatoms. The van der Waals surface area contributed by atoms with Gasteiger partial charge in [0.25, 0.3) is 0 Å². The van der Waals surface area contributed by atoms with E-state index in [2.05, 4.69) is 88.7 Å². The maximum absolute atomic E-state index is 3.61. The SMILES string of the molecule is [CH3-].[Cl-].[Cl-].[Zr+2]=[CH]c1ccccc1.[c-]1c(C2=CC=CC2)ccc2c1Cc1ccccc1-2. The van der Waals surface area contributed by atoms with E-state index >= 15 is 0 Å². The average molecular weight is 497 g/mol. The van der Waals surface area contributed by atoms with Crippen molar-refractivity contribution < 1.29 is 49.0 Å². The molecule has 0 saturated carbocycles. The van der Waals surface area contributed by atoms with Gasteiger partial charge in [0.2, 0.25) is 0 Å². The van der Waals surface area contributed by atoms with E-state index in [-0.39, 0.29) is 32.2 Å². The molecule has 2 aliphatic rings. The predicted octanol–water partition coefficient (Wildman–Crippen LogP) is 0.243. The Morgan fingerprint density at radius 2 is 1.55 bits per heavy atom. The van der Waals surface area contributed by atoms with Gasteiger partial charge >= 0.3 is 63.8 Å². The first-order valence-electron chi connectivity index (χ1n) is 8.90. The topological polar surface area (TPSA) is 0 Å². The number of hydrogen-bond donors (Lipinski definition) is 0. The van der Waals surface area contributed by atoms with E-state index in [9.17, 15) is 0 Å². The van der Waals surface area contributed by atoms with Crippen LogP contribution in [-0.2, 0) is 30.7 Å². The monoisotopic (exact) mass is 494 g/mol. The summed E-state index contributed by atoms with van der Waals surface area (Å²) in [6.45, 7) is 0. The van der Waals surface area contributed by atoms with Crippen LogP contribution < -0.4 is 24.8 Å². The maximum atomic E-state index is 3.61. The van der Waals surface area contributed by atoms with Gasteiger partial charge in [0.15, 0.2) is 0 Å². The summed E-state index contributed by atoms with van der Waals surface area (Å²) in [7, 11) is 0. The Bertz CT molecular complexity index is 1000. The third kappa shape index (κ3) is 5.98. The molecule has 0 unspecified atom stereocenters. The van der Waals surface area contributed by atoms with E-state index in [0.29, 0.717) is 0 Å². The molecule has 29 heavy (non-hydrogen) atoms. The molecule has 0 spiro atoms. The Labute approximate surface area is 201 Å². The van der Waals surface area contributed by atoms with Gasteiger partial charge in [0.05, 0.1) is 0 Å². The Kier molecular flexibility index (Phi) is 10.8. The molecule has 0 nitrogen and oxygen atoms in total. The van der Waals surface area contributed by atoms with E-state index in [0.717, 1.165) is 12.8 Å². The van der Waals surface area contributed by atoms with Crippen molar-refractivity contribution >= 4 is 9.28 Å². The molecular formula is C26H22Cl2Zr-2. The third-order valence-corrected chi connectivity index (χ3v) is 5.60. The van der Waals surface area contributed by atoms with E-state index in [4.69, 9.17) is 0 Å². The van der Waals surface area contributed by atoms with Gasteiger partial charge in [0, 0.05) is 0 Å². The third-order valence-electron chi connectivity index (χ3n) is 4.79. The summed E-state index contributed by atoms with van der Waals surface area (Å²) in [6, 6.07) is 27.1. The molecule has 3 aromatic rings. The predicted molar refractivity (Wildman–Crippen MR) is 113 cm³/mol. The molecule has 0 saturated heterocycles. The normalized spacial score (nSPS) is 12.0. The minimum Gasteiger partial charge on any atom is -0.147 e. The quantitative estimate of drug-likeness (QED) is 0.349. The number of allylic oxidation sites excluding steroid dienone is 4. The van der Waals surface area contributed by atoms with Crippen LogP contribution in [0.15, 0.2) is 85.0 Å². The fraction of sp³-hybridized carbons (Fsp3) is 0.0769. The van der Waals surface area contributed by atoms with Gasteiger partial charge in [-0.05, 0) is 18.4 Å². The number of halogens is 2. The molecule has 0 N–H and O–H groups in total. The van der Waals surface area contributed by atoms with Crippen molar-refractivity contribution in [1.82, 2.24) is 0 Å². The first-order chi connectivity index (χ1) is 12.8. The summed E-state index contributed by atoms with van der Waals surface area (Å²) in [4.78, 5) is 0. The molecule has 0 fully saturated rings. The van der Waals surface area contributed by atoms with Crippen molar-refractivity contribution in [2.75, 3.05) is 0 Å². The maximum Gasteiger partial charge on any atom is -0.0195 e. The van der Waals surface area contributed by atoms with E-state index < -0.39 is 0 Å². The zero-order valence-electron chi connectivity index (χ0n) is 16.3.